The van der Waals surface area contributed by atoms with Crippen molar-refractivity contribution < 1.29 is 14.3 Å². The summed E-state index contributed by atoms with van der Waals surface area (Å²) in [5.41, 5.74) is 1.69. The van der Waals surface area contributed by atoms with Crippen LogP contribution < -0.4 is 10.1 Å². The number of hydrogen-bond donors (Lipinski definition) is 1. The minimum Gasteiger partial charge on any atom is -0.480 e. The van der Waals surface area contributed by atoms with Crippen LogP contribution in [0.1, 0.15) is 46.0 Å². The highest BCUT2D eigenvalue weighted by atomic mass is 16.6. The SMILES string of the molecule is Cc1ccc(OCC(=O)OC(C)C)c(CNC(C)(C)C)n1. The number of ether oxygens (including phenoxy) is 2. The van der Waals surface area contributed by atoms with Crippen molar-refractivity contribution in [3.63, 3.8) is 0 Å². The molecule has 0 radical (unpaired) electrons. The first kappa shape index (κ1) is 17.4. The van der Waals surface area contributed by atoms with Gasteiger partial charge in [0.15, 0.2) is 6.61 Å². The van der Waals surface area contributed by atoms with Crippen LogP contribution in [0, 0.1) is 6.92 Å². The Kier molecular flexibility index (Phi) is 6.15. The van der Waals surface area contributed by atoms with Gasteiger partial charge in [0, 0.05) is 17.8 Å². The molecular weight excluding hydrogens is 268 g/mol. The molecule has 0 aliphatic rings. The monoisotopic (exact) mass is 294 g/mol. The fourth-order valence-electron chi connectivity index (χ4n) is 1.64. The maximum atomic E-state index is 11.5. The van der Waals surface area contributed by atoms with Gasteiger partial charge in [-0.2, -0.15) is 0 Å². The number of nitrogens with one attached hydrogen (secondary N) is 1. The van der Waals surface area contributed by atoms with Crippen molar-refractivity contribution in [1.29, 1.82) is 0 Å². The minimum atomic E-state index is -0.375. The van der Waals surface area contributed by atoms with Crippen LogP contribution in [-0.2, 0) is 16.1 Å². The molecule has 0 aliphatic heterocycles. The highest BCUT2D eigenvalue weighted by Gasteiger charge is 2.14. The molecule has 0 saturated heterocycles. The zero-order valence-corrected chi connectivity index (χ0v) is 13.8. The van der Waals surface area contributed by atoms with E-state index in [4.69, 9.17) is 9.47 Å². The van der Waals surface area contributed by atoms with E-state index < -0.39 is 0 Å². The van der Waals surface area contributed by atoms with E-state index in [2.05, 4.69) is 31.1 Å². The zero-order valence-electron chi connectivity index (χ0n) is 13.8. The molecule has 0 atom stereocenters. The number of aryl methyl sites for hydroxylation is 1. The third-order valence-electron chi connectivity index (χ3n) is 2.57. The lowest BCUT2D eigenvalue weighted by molar-refractivity contribution is -0.149. The van der Waals surface area contributed by atoms with Crippen molar-refractivity contribution in [2.24, 2.45) is 0 Å². The summed E-state index contributed by atoms with van der Waals surface area (Å²) in [5, 5.41) is 3.37. The molecule has 0 unspecified atom stereocenters. The van der Waals surface area contributed by atoms with E-state index in [1.54, 1.807) is 0 Å². The van der Waals surface area contributed by atoms with Gasteiger partial charge in [0.05, 0.1) is 11.8 Å². The lowest BCUT2D eigenvalue weighted by Crippen LogP contribution is -2.35. The predicted molar refractivity (Wildman–Crippen MR) is 82.3 cm³/mol. The Balaban J connectivity index is 2.70. The van der Waals surface area contributed by atoms with Crippen molar-refractivity contribution in [3.05, 3.63) is 23.5 Å². The first-order valence-corrected chi connectivity index (χ1v) is 7.21. The first-order chi connectivity index (χ1) is 9.67. The standard InChI is InChI=1S/C16H26N2O3/c1-11(2)21-15(19)10-20-14-8-7-12(3)18-13(14)9-17-16(4,5)6/h7-8,11,17H,9-10H2,1-6H3. The highest BCUT2D eigenvalue weighted by molar-refractivity contribution is 5.71. The molecule has 1 heterocycles. The van der Waals surface area contributed by atoms with Gasteiger partial charge in [-0.25, -0.2) is 4.79 Å². The minimum absolute atomic E-state index is 0.0146. The number of carbonyl (C=O) groups is 1. The Labute approximate surface area is 127 Å². The largest absolute Gasteiger partial charge is 0.480 e. The molecule has 1 aromatic rings. The van der Waals surface area contributed by atoms with E-state index in [0.29, 0.717) is 12.3 Å². The normalized spacial score (nSPS) is 11.6. The highest BCUT2D eigenvalue weighted by Crippen LogP contribution is 2.18. The van der Waals surface area contributed by atoms with Crippen LogP contribution in [0.25, 0.3) is 0 Å². The molecule has 0 bridgehead atoms. The van der Waals surface area contributed by atoms with Gasteiger partial charge in [-0.1, -0.05) is 0 Å². The van der Waals surface area contributed by atoms with Gasteiger partial charge in [-0.05, 0) is 53.7 Å². The molecule has 0 spiro atoms. The van der Waals surface area contributed by atoms with E-state index in [1.165, 1.54) is 0 Å². The molecule has 0 amide bonds. The van der Waals surface area contributed by atoms with Gasteiger partial charge in [-0.15, -0.1) is 0 Å². The molecule has 118 valence electrons. The first-order valence-electron chi connectivity index (χ1n) is 7.21. The molecule has 0 aromatic carbocycles. The Bertz CT molecular complexity index is 479. The molecule has 0 aliphatic carbocycles. The fourth-order valence-corrected chi connectivity index (χ4v) is 1.64. The quantitative estimate of drug-likeness (QED) is 0.817. The van der Waals surface area contributed by atoms with Crippen LogP contribution in [0.4, 0.5) is 0 Å². The van der Waals surface area contributed by atoms with E-state index in [1.807, 2.05) is 32.9 Å². The Hall–Kier alpha value is -1.62. The van der Waals surface area contributed by atoms with E-state index in [0.717, 1.165) is 11.4 Å². The van der Waals surface area contributed by atoms with Gasteiger partial charge < -0.3 is 14.8 Å². The van der Waals surface area contributed by atoms with Crippen molar-refractivity contribution in [3.8, 4) is 5.75 Å². The average molecular weight is 294 g/mol. The average Bonchev–Trinajstić information content (AvgIpc) is 2.33. The predicted octanol–water partition coefficient (Wildman–Crippen LogP) is 2.61. The Morgan fingerprint density at radius 1 is 1.33 bits per heavy atom. The molecule has 0 saturated carbocycles. The van der Waals surface area contributed by atoms with Crippen LogP contribution in [0.2, 0.25) is 0 Å². The van der Waals surface area contributed by atoms with Gasteiger partial charge in [0.2, 0.25) is 0 Å². The summed E-state index contributed by atoms with van der Waals surface area (Å²) in [6, 6.07) is 3.70. The molecule has 0 fully saturated rings. The van der Waals surface area contributed by atoms with Gasteiger partial charge in [0.1, 0.15) is 5.75 Å². The molecule has 5 nitrogen and oxygen atoms in total. The van der Waals surface area contributed by atoms with Gasteiger partial charge >= 0.3 is 5.97 Å². The van der Waals surface area contributed by atoms with Gasteiger partial charge in [-0.3, -0.25) is 4.98 Å². The number of esters is 1. The lowest BCUT2D eigenvalue weighted by Gasteiger charge is -2.21. The van der Waals surface area contributed by atoms with E-state index in [9.17, 15) is 4.79 Å². The second-order valence-electron chi connectivity index (χ2n) is 6.33. The summed E-state index contributed by atoms with van der Waals surface area (Å²) in [5.74, 6) is 0.235. The second kappa shape index (κ2) is 7.41. The summed E-state index contributed by atoms with van der Waals surface area (Å²) in [6.45, 7) is 12.3. The summed E-state index contributed by atoms with van der Waals surface area (Å²) < 4.78 is 10.6. The van der Waals surface area contributed by atoms with Crippen LogP contribution in [0.15, 0.2) is 12.1 Å². The topological polar surface area (TPSA) is 60.5 Å². The van der Waals surface area contributed by atoms with Crippen LogP contribution in [0.5, 0.6) is 5.75 Å². The summed E-state index contributed by atoms with van der Waals surface area (Å²) in [6.07, 6.45) is -0.140. The smallest absolute Gasteiger partial charge is 0.344 e. The van der Waals surface area contributed by atoms with Crippen LogP contribution in [0.3, 0.4) is 0 Å². The van der Waals surface area contributed by atoms with E-state index in [-0.39, 0.29) is 24.2 Å². The molecule has 21 heavy (non-hydrogen) atoms. The van der Waals surface area contributed by atoms with E-state index >= 15 is 0 Å². The lowest BCUT2D eigenvalue weighted by atomic mass is 10.1. The summed E-state index contributed by atoms with van der Waals surface area (Å²) >= 11 is 0. The maximum absolute atomic E-state index is 11.5. The second-order valence-corrected chi connectivity index (χ2v) is 6.33. The number of carbonyl (C=O) groups excluding carboxylic acids is 1. The third-order valence-corrected chi connectivity index (χ3v) is 2.57. The third kappa shape index (κ3) is 7.09. The number of pyridine rings is 1. The number of rotatable bonds is 6. The maximum Gasteiger partial charge on any atom is 0.344 e. The number of aromatic nitrogens is 1. The van der Waals surface area contributed by atoms with Crippen molar-refractivity contribution >= 4 is 5.97 Å². The van der Waals surface area contributed by atoms with Crippen molar-refractivity contribution in [2.75, 3.05) is 6.61 Å². The molecular formula is C16H26N2O3. The van der Waals surface area contributed by atoms with Crippen molar-refractivity contribution in [2.45, 2.75) is 59.7 Å². The molecule has 1 N–H and O–H groups in total. The zero-order chi connectivity index (χ0) is 16.0. The summed E-state index contributed by atoms with van der Waals surface area (Å²) in [4.78, 5) is 16.0. The number of nitrogens with zero attached hydrogens (tertiary/aromatic N) is 1. The summed E-state index contributed by atoms with van der Waals surface area (Å²) in [7, 11) is 0. The number of hydrogen-bond acceptors (Lipinski definition) is 5. The Morgan fingerprint density at radius 3 is 2.57 bits per heavy atom. The molecule has 1 aromatic heterocycles. The van der Waals surface area contributed by atoms with Crippen LogP contribution >= 0.6 is 0 Å². The van der Waals surface area contributed by atoms with Gasteiger partial charge in [0.25, 0.3) is 0 Å². The fraction of sp³-hybridized carbons (Fsp3) is 0.625. The molecule has 1 rings (SSSR count). The Morgan fingerprint density at radius 2 is 2.00 bits per heavy atom. The van der Waals surface area contributed by atoms with Crippen molar-refractivity contribution in [1.82, 2.24) is 10.3 Å². The molecule has 5 heteroatoms. The van der Waals surface area contributed by atoms with Crippen LogP contribution in [-0.4, -0.2) is 29.2 Å².